The van der Waals surface area contributed by atoms with Crippen molar-refractivity contribution in [3.63, 3.8) is 0 Å². The molecule has 1 amide bonds. The van der Waals surface area contributed by atoms with Gasteiger partial charge >= 0.3 is 5.97 Å². The van der Waals surface area contributed by atoms with Crippen molar-refractivity contribution in [1.82, 2.24) is 20.4 Å². The molecule has 4 rings (SSSR count). The number of carbonyl (C=O) groups excluding carboxylic acids is 1. The number of aliphatic carboxylic acids is 1. The number of hydrogen-bond acceptors (Lipinski definition) is 6. The molecular formula is C20H22F2N4O4. The summed E-state index contributed by atoms with van der Waals surface area (Å²) in [6.07, 6.45) is 4.97. The van der Waals surface area contributed by atoms with Crippen molar-refractivity contribution in [1.29, 1.82) is 0 Å². The lowest BCUT2D eigenvalue weighted by atomic mass is 9.90. The van der Waals surface area contributed by atoms with Crippen LogP contribution < -0.4 is 5.32 Å². The zero-order valence-electron chi connectivity index (χ0n) is 16.2. The van der Waals surface area contributed by atoms with E-state index >= 15 is 0 Å². The van der Waals surface area contributed by atoms with Crippen LogP contribution in [0.2, 0.25) is 0 Å². The first-order valence-electron chi connectivity index (χ1n) is 9.99. The molecule has 2 aliphatic rings. The average molecular weight is 420 g/mol. The number of carboxylic acid groups (broad SMARTS) is 1. The summed E-state index contributed by atoms with van der Waals surface area (Å²) >= 11 is 0. The maximum Gasteiger partial charge on any atom is 0.309 e. The molecule has 0 spiro atoms. The molecule has 160 valence electrons. The fourth-order valence-corrected chi connectivity index (χ4v) is 4.32. The second-order valence-corrected chi connectivity index (χ2v) is 7.79. The fourth-order valence-electron chi connectivity index (χ4n) is 4.32. The van der Waals surface area contributed by atoms with Crippen LogP contribution in [0.1, 0.15) is 42.7 Å². The molecule has 10 heteroatoms. The molecule has 1 aliphatic carbocycles. The largest absolute Gasteiger partial charge is 0.481 e. The minimum Gasteiger partial charge on any atom is -0.481 e. The molecule has 0 bridgehead atoms. The van der Waals surface area contributed by atoms with E-state index in [1.807, 2.05) is 0 Å². The Labute approximate surface area is 171 Å². The van der Waals surface area contributed by atoms with Gasteiger partial charge in [0, 0.05) is 31.2 Å². The van der Waals surface area contributed by atoms with Gasteiger partial charge in [-0.3, -0.25) is 14.5 Å². The maximum atomic E-state index is 13.9. The summed E-state index contributed by atoms with van der Waals surface area (Å²) in [5.74, 6) is -4.65. The molecule has 1 saturated heterocycles. The molecule has 30 heavy (non-hydrogen) atoms. The highest BCUT2D eigenvalue weighted by atomic mass is 19.1. The van der Waals surface area contributed by atoms with Crippen molar-refractivity contribution in [3.8, 4) is 11.5 Å². The zero-order valence-corrected chi connectivity index (χ0v) is 16.2. The quantitative estimate of drug-likeness (QED) is 0.765. The van der Waals surface area contributed by atoms with Crippen molar-refractivity contribution >= 4 is 11.9 Å². The summed E-state index contributed by atoms with van der Waals surface area (Å²) in [4.78, 5) is 30.4. The molecule has 1 aliphatic heterocycles. The third-order valence-electron chi connectivity index (χ3n) is 5.91. The van der Waals surface area contributed by atoms with E-state index in [1.54, 1.807) is 0 Å². The van der Waals surface area contributed by atoms with E-state index in [-0.39, 0.29) is 17.3 Å². The van der Waals surface area contributed by atoms with Crippen molar-refractivity contribution in [2.75, 3.05) is 13.1 Å². The molecule has 1 aromatic heterocycles. The first kappa shape index (κ1) is 20.4. The van der Waals surface area contributed by atoms with Gasteiger partial charge in [0.15, 0.2) is 0 Å². The van der Waals surface area contributed by atoms with Crippen LogP contribution in [0.25, 0.3) is 11.5 Å². The Morgan fingerprint density at radius 3 is 2.67 bits per heavy atom. The molecule has 2 atom stereocenters. The Morgan fingerprint density at radius 2 is 1.97 bits per heavy atom. The Hall–Kier alpha value is -2.88. The predicted octanol–water partition coefficient (Wildman–Crippen LogP) is 2.46. The summed E-state index contributed by atoms with van der Waals surface area (Å²) < 4.78 is 31.9. The summed E-state index contributed by atoms with van der Waals surface area (Å²) in [5, 5.41) is 15.9. The van der Waals surface area contributed by atoms with Gasteiger partial charge in [0.1, 0.15) is 11.6 Å². The normalized spacial score (nSPS) is 22.9. The smallest absolute Gasteiger partial charge is 0.309 e. The minimum absolute atomic E-state index is 0.128. The van der Waals surface area contributed by atoms with E-state index in [2.05, 4.69) is 20.4 Å². The van der Waals surface area contributed by atoms with Crippen LogP contribution >= 0.6 is 0 Å². The van der Waals surface area contributed by atoms with E-state index in [4.69, 9.17) is 4.52 Å². The van der Waals surface area contributed by atoms with Gasteiger partial charge in [0.05, 0.1) is 11.5 Å². The minimum atomic E-state index is -0.967. The summed E-state index contributed by atoms with van der Waals surface area (Å²) in [6.45, 7) is 1.08. The average Bonchev–Trinajstić information content (AvgIpc) is 3.40. The first-order valence-corrected chi connectivity index (χ1v) is 9.99. The van der Waals surface area contributed by atoms with E-state index in [0.717, 1.165) is 37.8 Å². The topological polar surface area (TPSA) is 109 Å². The number of aromatic nitrogens is 2. The highest BCUT2D eigenvalue weighted by molar-refractivity contribution is 5.91. The Morgan fingerprint density at radius 1 is 1.20 bits per heavy atom. The number of rotatable bonds is 5. The molecule has 8 nitrogen and oxygen atoms in total. The lowest BCUT2D eigenvalue weighted by molar-refractivity contribution is -0.145. The van der Waals surface area contributed by atoms with Crippen LogP contribution in [0.3, 0.4) is 0 Å². The van der Waals surface area contributed by atoms with Gasteiger partial charge in [-0.1, -0.05) is 18.0 Å². The van der Waals surface area contributed by atoms with Crippen LogP contribution in [0.5, 0.6) is 0 Å². The number of amides is 1. The third-order valence-corrected chi connectivity index (χ3v) is 5.91. The second-order valence-electron chi connectivity index (χ2n) is 7.79. The van der Waals surface area contributed by atoms with Crippen LogP contribution in [-0.2, 0) is 4.79 Å². The number of nitrogens with one attached hydrogen (secondary N) is 1. The monoisotopic (exact) mass is 420 g/mol. The number of likely N-dealkylation sites (tertiary alicyclic amines) is 1. The Balaban J connectivity index is 1.44. The van der Waals surface area contributed by atoms with Crippen LogP contribution in [-0.4, -0.2) is 57.2 Å². The molecule has 2 fully saturated rings. The number of halogens is 2. The van der Waals surface area contributed by atoms with Gasteiger partial charge in [-0.15, -0.1) is 0 Å². The number of piperidine rings is 1. The standard InChI is InChI=1S/C20H22F2N4O4/c21-11-5-6-13(15(22)9-11)19-24-17(25-30-19)18(27)23-16-7-8-26(10-14(16)20(28)29)12-3-1-2-4-12/h5-6,9,12,14,16H,1-4,7-8,10H2,(H,23,27)(H,28,29)/t14-,16-/m1/s1. The van der Waals surface area contributed by atoms with Crippen molar-refractivity contribution in [3.05, 3.63) is 35.7 Å². The van der Waals surface area contributed by atoms with Crippen LogP contribution in [0.15, 0.2) is 22.7 Å². The number of benzene rings is 1. The molecule has 0 unspecified atom stereocenters. The predicted molar refractivity (Wildman–Crippen MR) is 100 cm³/mol. The lowest BCUT2D eigenvalue weighted by Gasteiger charge is -2.39. The van der Waals surface area contributed by atoms with Gasteiger partial charge in [-0.05, 0) is 31.4 Å². The number of hydrogen-bond donors (Lipinski definition) is 2. The van der Waals surface area contributed by atoms with E-state index < -0.39 is 35.5 Å². The summed E-state index contributed by atoms with van der Waals surface area (Å²) in [7, 11) is 0. The van der Waals surface area contributed by atoms with Crippen molar-refractivity contribution in [2.24, 2.45) is 5.92 Å². The van der Waals surface area contributed by atoms with Crippen molar-refractivity contribution in [2.45, 2.75) is 44.2 Å². The lowest BCUT2D eigenvalue weighted by Crippen LogP contribution is -2.55. The van der Waals surface area contributed by atoms with E-state index in [0.29, 0.717) is 31.6 Å². The van der Waals surface area contributed by atoms with E-state index in [1.165, 1.54) is 0 Å². The third kappa shape index (κ3) is 4.18. The molecular weight excluding hydrogens is 398 g/mol. The highest BCUT2D eigenvalue weighted by Gasteiger charge is 2.38. The second kappa shape index (κ2) is 8.47. The highest BCUT2D eigenvalue weighted by Crippen LogP contribution is 2.28. The number of nitrogens with zero attached hydrogens (tertiary/aromatic N) is 3. The fraction of sp³-hybridized carbons (Fsp3) is 0.500. The van der Waals surface area contributed by atoms with Gasteiger partial charge in [-0.2, -0.15) is 4.98 Å². The van der Waals surface area contributed by atoms with Gasteiger partial charge < -0.3 is 14.9 Å². The van der Waals surface area contributed by atoms with Gasteiger partial charge in [0.2, 0.25) is 0 Å². The molecule has 1 aromatic carbocycles. The van der Waals surface area contributed by atoms with Crippen molar-refractivity contribution < 1.29 is 28.0 Å². The SMILES string of the molecule is O=C(N[C@@H]1CCN(C2CCCC2)C[C@H]1C(=O)O)c1noc(-c2ccc(F)cc2F)n1. The summed E-state index contributed by atoms with van der Waals surface area (Å²) in [6, 6.07) is 2.69. The number of carboxylic acids is 1. The maximum absolute atomic E-state index is 13.9. The van der Waals surface area contributed by atoms with Crippen LogP contribution in [0.4, 0.5) is 8.78 Å². The zero-order chi connectivity index (χ0) is 21.3. The Kier molecular flexibility index (Phi) is 5.76. The molecule has 2 heterocycles. The number of carbonyl (C=O) groups is 2. The van der Waals surface area contributed by atoms with Crippen LogP contribution in [0, 0.1) is 17.6 Å². The molecule has 1 saturated carbocycles. The van der Waals surface area contributed by atoms with Gasteiger partial charge in [-0.25, -0.2) is 8.78 Å². The Bertz CT molecular complexity index is 945. The first-order chi connectivity index (χ1) is 14.4. The summed E-state index contributed by atoms with van der Waals surface area (Å²) in [5.41, 5.74) is -0.128. The molecule has 0 radical (unpaired) electrons. The molecule has 2 N–H and O–H groups in total. The van der Waals surface area contributed by atoms with E-state index in [9.17, 15) is 23.5 Å². The molecule has 2 aromatic rings. The van der Waals surface area contributed by atoms with Gasteiger partial charge in [0.25, 0.3) is 17.6 Å².